The van der Waals surface area contributed by atoms with Gasteiger partial charge in [0.15, 0.2) is 0 Å². The lowest BCUT2D eigenvalue weighted by molar-refractivity contribution is -0.154. The van der Waals surface area contributed by atoms with Crippen LogP contribution in [0.2, 0.25) is 0 Å². The molecule has 3 aliphatic heterocycles. The smallest absolute Gasteiger partial charge is 0.312 e. The molecule has 3 fully saturated rings. The van der Waals surface area contributed by atoms with Crippen LogP contribution in [0.15, 0.2) is 30.9 Å². The number of benzene rings is 1. The molecule has 178 valence electrons. The number of para-hydroxylation sites is 1. The zero-order valence-electron chi connectivity index (χ0n) is 19.5. The summed E-state index contributed by atoms with van der Waals surface area (Å²) in [5.74, 6) is -2.61. The SMILES string of the molecule is C=CCN(C(=O)[C@@H]1N(CCO)C(=O)[C@H]2[C@H](C(=O)OCC)[C@@H]3CC[C@]12O3)c1c(C)cccc1C. The van der Waals surface area contributed by atoms with E-state index in [0.29, 0.717) is 12.8 Å². The van der Waals surface area contributed by atoms with Crippen molar-refractivity contribution in [2.75, 3.05) is 31.2 Å². The lowest BCUT2D eigenvalue weighted by atomic mass is 9.70. The van der Waals surface area contributed by atoms with Crippen LogP contribution in [0.1, 0.15) is 30.9 Å². The van der Waals surface area contributed by atoms with E-state index in [2.05, 4.69) is 6.58 Å². The number of rotatable bonds is 8. The average molecular weight is 457 g/mol. The molecular weight excluding hydrogens is 424 g/mol. The summed E-state index contributed by atoms with van der Waals surface area (Å²) < 4.78 is 11.6. The number of anilines is 1. The van der Waals surface area contributed by atoms with Gasteiger partial charge in [-0.2, -0.15) is 0 Å². The monoisotopic (exact) mass is 456 g/mol. The Labute approximate surface area is 194 Å². The van der Waals surface area contributed by atoms with Crippen molar-refractivity contribution in [3.8, 4) is 0 Å². The molecule has 8 nitrogen and oxygen atoms in total. The van der Waals surface area contributed by atoms with Crippen LogP contribution in [-0.2, 0) is 23.9 Å². The summed E-state index contributed by atoms with van der Waals surface area (Å²) in [6.07, 6.45) is 2.28. The number of aliphatic hydroxyl groups is 1. The van der Waals surface area contributed by atoms with Crippen molar-refractivity contribution in [1.29, 1.82) is 0 Å². The standard InChI is InChI=1S/C25H32N2O6/c1-5-12-26(20-15(3)8-7-9-16(20)4)23(30)21-25-11-10-17(33-25)18(24(31)32-6-2)19(25)22(29)27(21)13-14-28/h5,7-9,17-19,21,28H,1,6,10-14H2,2-4H3/t17-,18+,19+,21-,25+/m0/s1. The Kier molecular flexibility index (Phi) is 6.33. The van der Waals surface area contributed by atoms with E-state index in [1.54, 1.807) is 17.9 Å². The normalized spacial score (nSPS) is 29.8. The minimum atomic E-state index is -1.11. The van der Waals surface area contributed by atoms with E-state index in [-0.39, 0.29) is 38.1 Å². The summed E-state index contributed by atoms with van der Waals surface area (Å²) in [6, 6.07) is 4.87. The highest BCUT2D eigenvalue weighted by Gasteiger charge is 2.75. The Morgan fingerprint density at radius 3 is 2.67 bits per heavy atom. The molecule has 3 aliphatic rings. The van der Waals surface area contributed by atoms with E-state index >= 15 is 0 Å². The van der Waals surface area contributed by atoms with E-state index in [1.165, 1.54) is 4.90 Å². The molecule has 0 aliphatic carbocycles. The van der Waals surface area contributed by atoms with Crippen molar-refractivity contribution < 1.29 is 29.0 Å². The number of likely N-dealkylation sites (tertiary alicyclic amines) is 1. The molecule has 0 aromatic heterocycles. The molecule has 0 saturated carbocycles. The quantitative estimate of drug-likeness (QED) is 0.473. The molecule has 0 radical (unpaired) electrons. The van der Waals surface area contributed by atoms with E-state index < -0.39 is 35.6 Å². The molecule has 0 unspecified atom stereocenters. The molecule has 8 heteroatoms. The molecule has 3 heterocycles. The molecule has 1 aromatic carbocycles. The first-order valence-electron chi connectivity index (χ1n) is 11.6. The third-order valence-electron chi connectivity index (χ3n) is 7.22. The maximum atomic E-state index is 14.2. The van der Waals surface area contributed by atoms with Gasteiger partial charge in [-0.15, -0.1) is 6.58 Å². The van der Waals surface area contributed by atoms with E-state index in [9.17, 15) is 19.5 Å². The van der Waals surface area contributed by atoms with Gasteiger partial charge in [0.25, 0.3) is 5.91 Å². The van der Waals surface area contributed by atoms with Crippen LogP contribution < -0.4 is 4.90 Å². The van der Waals surface area contributed by atoms with Gasteiger partial charge in [0.1, 0.15) is 11.6 Å². The predicted octanol–water partition coefficient (Wildman–Crippen LogP) is 1.75. The van der Waals surface area contributed by atoms with Crippen molar-refractivity contribution in [2.45, 2.75) is 51.4 Å². The molecule has 1 aromatic rings. The van der Waals surface area contributed by atoms with E-state index in [4.69, 9.17) is 9.47 Å². The Morgan fingerprint density at radius 2 is 2.06 bits per heavy atom. The van der Waals surface area contributed by atoms with E-state index in [0.717, 1.165) is 16.8 Å². The fourth-order valence-corrected chi connectivity index (χ4v) is 6.09. The molecule has 4 rings (SSSR count). The van der Waals surface area contributed by atoms with Gasteiger partial charge in [0, 0.05) is 18.8 Å². The van der Waals surface area contributed by atoms with Gasteiger partial charge in [0.2, 0.25) is 5.91 Å². The predicted molar refractivity (Wildman–Crippen MR) is 122 cm³/mol. The Bertz CT molecular complexity index is 957. The Morgan fingerprint density at radius 1 is 1.36 bits per heavy atom. The van der Waals surface area contributed by atoms with E-state index in [1.807, 2.05) is 32.0 Å². The molecule has 5 atom stereocenters. The highest BCUT2D eigenvalue weighted by Crippen LogP contribution is 2.58. The van der Waals surface area contributed by atoms with Crippen molar-refractivity contribution >= 4 is 23.5 Å². The summed E-state index contributed by atoms with van der Waals surface area (Å²) >= 11 is 0. The molecule has 2 amide bonds. The lowest BCUT2D eigenvalue weighted by Gasteiger charge is -2.37. The summed E-state index contributed by atoms with van der Waals surface area (Å²) in [5.41, 5.74) is 1.52. The maximum Gasteiger partial charge on any atom is 0.312 e. The third-order valence-corrected chi connectivity index (χ3v) is 7.22. The first kappa shape index (κ1) is 23.4. The van der Waals surface area contributed by atoms with Gasteiger partial charge in [-0.1, -0.05) is 24.3 Å². The number of aliphatic hydroxyl groups excluding tert-OH is 1. The number of carbonyl (C=O) groups excluding carboxylic acids is 3. The lowest BCUT2D eigenvalue weighted by Crippen LogP contribution is -2.57. The van der Waals surface area contributed by atoms with Crippen molar-refractivity contribution in [2.24, 2.45) is 11.8 Å². The molecule has 3 saturated heterocycles. The second-order valence-corrected chi connectivity index (χ2v) is 9.04. The summed E-state index contributed by atoms with van der Waals surface area (Å²) in [7, 11) is 0. The molecule has 33 heavy (non-hydrogen) atoms. The number of hydrogen-bond donors (Lipinski definition) is 1. The average Bonchev–Trinajstić information content (AvgIpc) is 3.41. The number of amides is 2. The van der Waals surface area contributed by atoms with Crippen LogP contribution >= 0.6 is 0 Å². The Balaban J connectivity index is 1.79. The van der Waals surface area contributed by atoms with Crippen LogP contribution in [0.3, 0.4) is 0 Å². The summed E-state index contributed by atoms with van der Waals surface area (Å²) in [6.45, 7) is 9.58. The highest BCUT2D eigenvalue weighted by molar-refractivity contribution is 6.05. The highest BCUT2D eigenvalue weighted by atomic mass is 16.6. The maximum absolute atomic E-state index is 14.2. The number of fused-ring (bicyclic) bond motifs is 1. The summed E-state index contributed by atoms with van der Waals surface area (Å²) in [4.78, 5) is 43.6. The largest absolute Gasteiger partial charge is 0.466 e. The minimum Gasteiger partial charge on any atom is -0.466 e. The topological polar surface area (TPSA) is 96.4 Å². The first-order chi connectivity index (χ1) is 15.8. The molecule has 1 N–H and O–H groups in total. The van der Waals surface area contributed by atoms with Gasteiger partial charge < -0.3 is 24.4 Å². The second-order valence-electron chi connectivity index (χ2n) is 9.04. The molecule has 2 bridgehead atoms. The van der Waals surface area contributed by atoms with Crippen molar-refractivity contribution in [1.82, 2.24) is 4.90 Å². The van der Waals surface area contributed by atoms with Crippen LogP contribution in [0, 0.1) is 25.7 Å². The van der Waals surface area contributed by atoms with Crippen LogP contribution in [0.4, 0.5) is 5.69 Å². The number of esters is 1. The zero-order chi connectivity index (χ0) is 23.9. The van der Waals surface area contributed by atoms with Crippen LogP contribution in [0.5, 0.6) is 0 Å². The number of carbonyl (C=O) groups is 3. The Hall–Kier alpha value is -2.71. The number of β-amino-alcohol motifs (C(OH)–C–C–N with tert-alkyl or cyclic N) is 1. The van der Waals surface area contributed by atoms with Crippen molar-refractivity contribution in [3.05, 3.63) is 42.0 Å². The number of aryl methyl sites for hydroxylation is 2. The van der Waals surface area contributed by atoms with Gasteiger partial charge in [-0.3, -0.25) is 14.4 Å². The van der Waals surface area contributed by atoms with Gasteiger partial charge >= 0.3 is 5.97 Å². The third kappa shape index (κ3) is 3.47. The van der Waals surface area contributed by atoms with Gasteiger partial charge in [0.05, 0.1) is 31.2 Å². The van der Waals surface area contributed by atoms with Crippen LogP contribution in [-0.4, -0.2) is 71.8 Å². The number of nitrogens with zero attached hydrogens (tertiary/aromatic N) is 2. The fourth-order valence-electron chi connectivity index (χ4n) is 6.09. The zero-order valence-corrected chi connectivity index (χ0v) is 19.5. The fraction of sp³-hybridized carbons (Fsp3) is 0.560. The van der Waals surface area contributed by atoms with Crippen molar-refractivity contribution in [3.63, 3.8) is 0 Å². The minimum absolute atomic E-state index is 0.00819. The molecular formula is C25H32N2O6. The number of ether oxygens (including phenoxy) is 2. The van der Waals surface area contributed by atoms with Crippen LogP contribution in [0.25, 0.3) is 0 Å². The summed E-state index contributed by atoms with van der Waals surface area (Å²) in [5, 5.41) is 9.71. The van der Waals surface area contributed by atoms with Gasteiger partial charge in [-0.25, -0.2) is 0 Å². The number of hydrogen-bond acceptors (Lipinski definition) is 6. The van der Waals surface area contributed by atoms with Gasteiger partial charge in [-0.05, 0) is 44.7 Å². The molecule has 1 spiro atoms. The first-order valence-corrected chi connectivity index (χ1v) is 11.6. The second kappa shape index (κ2) is 8.91.